The molecule has 5 heteroatoms. The average molecular weight is 242 g/mol. The van der Waals surface area contributed by atoms with E-state index in [9.17, 15) is 8.42 Å². The molecule has 0 heterocycles. The Morgan fingerprint density at radius 2 is 1.81 bits per heavy atom. The zero-order chi connectivity index (χ0) is 12.3. The first-order chi connectivity index (χ1) is 7.40. The quantitative estimate of drug-likeness (QED) is 0.813. The van der Waals surface area contributed by atoms with Crippen molar-refractivity contribution in [1.82, 2.24) is 0 Å². The molecule has 1 aromatic rings. The molecule has 16 heavy (non-hydrogen) atoms. The zero-order valence-electron chi connectivity index (χ0n) is 9.90. The van der Waals surface area contributed by atoms with Crippen molar-refractivity contribution in [3.05, 3.63) is 18.2 Å². The summed E-state index contributed by atoms with van der Waals surface area (Å²) in [6, 6.07) is 5.07. The van der Waals surface area contributed by atoms with Crippen molar-refractivity contribution in [2.24, 2.45) is 0 Å². The number of nitrogens with two attached hydrogens (primary N) is 1. The Morgan fingerprint density at radius 3 is 2.19 bits per heavy atom. The summed E-state index contributed by atoms with van der Waals surface area (Å²) in [4.78, 5) is 2.31. The third-order valence-electron chi connectivity index (χ3n) is 2.52. The molecule has 0 aliphatic rings. The van der Waals surface area contributed by atoms with Gasteiger partial charge in [0.1, 0.15) is 0 Å². The molecular weight excluding hydrogens is 224 g/mol. The van der Waals surface area contributed by atoms with Crippen LogP contribution < -0.4 is 10.6 Å². The third kappa shape index (κ3) is 2.66. The Kier molecular flexibility index (Phi) is 3.80. The molecule has 90 valence electrons. The zero-order valence-corrected chi connectivity index (χ0v) is 10.7. The van der Waals surface area contributed by atoms with Crippen LogP contribution in [-0.4, -0.2) is 27.8 Å². The molecule has 0 aliphatic heterocycles. The lowest BCUT2D eigenvalue weighted by atomic mass is 10.2. The van der Waals surface area contributed by atoms with Gasteiger partial charge in [-0.1, -0.05) is 0 Å². The van der Waals surface area contributed by atoms with Crippen molar-refractivity contribution >= 4 is 21.2 Å². The molecule has 1 aromatic carbocycles. The molecule has 0 atom stereocenters. The second kappa shape index (κ2) is 4.74. The predicted octanol–water partition coefficient (Wildman–Crippen LogP) is 1.52. The van der Waals surface area contributed by atoms with E-state index in [1.165, 1.54) is 0 Å². The van der Waals surface area contributed by atoms with Gasteiger partial charge in [0.2, 0.25) is 0 Å². The van der Waals surface area contributed by atoms with E-state index >= 15 is 0 Å². The minimum atomic E-state index is -3.23. The number of hydrogen-bond acceptors (Lipinski definition) is 4. The summed E-state index contributed by atoms with van der Waals surface area (Å²) >= 11 is 0. The molecule has 1 rings (SSSR count). The van der Waals surface area contributed by atoms with Crippen molar-refractivity contribution in [3.8, 4) is 0 Å². The van der Waals surface area contributed by atoms with Crippen LogP contribution in [0.25, 0.3) is 0 Å². The average Bonchev–Trinajstić information content (AvgIpc) is 2.17. The van der Waals surface area contributed by atoms with E-state index in [1.807, 2.05) is 13.8 Å². The maximum atomic E-state index is 11.4. The molecule has 4 nitrogen and oxygen atoms in total. The van der Waals surface area contributed by atoms with Gasteiger partial charge in [0.15, 0.2) is 9.84 Å². The monoisotopic (exact) mass is 242 g/mol. The Labute approximate surface area is 97.0 Å². The second-order valence-electron chi connectivity index (χ2n) is 3.67. The first-order valence-electron chi connectivity index (χ1n) is 5.24. The van der Waals surface area contributed by atoms with E-state index in [2.05, 4.69) is 4.90 Å². The third-order valence-corrected chi connectivity index (χ3v) is 3.69. The summed E-state index contributed by atoms with van der Waals surface area (Å²) in [6.45, 7) is 5.83. The SMILES string of the molecule is CCN(CC)c1ccc(S(C)(=O)=O)c(N)c1. The highest BCUT2D eigenvalue weighted by Crippen LogP contribution is 2.24. The number of hydrogen-bond donors (Lipinski definition) is 1. The number of benzene rings is 1. The highest BCUT2D eigenvalue weighted by molar-refractivity contribution is 7.90. The summed E-state index contributed by atoms with van der Waals surface area (Å²) in [7, 11) is -3.23. The van der Waals surface area contributed by atoms with Crippen molar-refractivity contribution in [2.45, 2.75) is 18.7 Å². The normalized spacial score (nSPS) is 11.4. The van der Waals surface area contributed by atoms with Gasteiger partial charge in [-0.3, -0.25) is 0 Å². The Hall–Kier alpha value is -1.23. The van der Waals surface area contributed by atoms with E-state index in [-0.39, 0.29) is 4.90 Å². The molecule has 0 unspecified atom stereocenters. The summed E-state index contributed by atoms with van der Waals surface area (Å²) in [5.41, 5.74) is 7.01. The van der Waals surface area contributed by atoms with Crippen LogP contribution in [0.15, 0.2) is 23.1 Å². The fourth-order valence-electron chi connectivity index (χ4n) is 1.66. The largest absolute Gasteiger partial charge is 0.398 e. The standard InChI is InChI=1S/C11H18N2O2S/c1-4-13(5-2)9-6-7-11(10(12)8-9)16(3,14)15/h6-8H,4-5,12H2,1-3H3. The Bertz CT molecular complexity index is 465. The number of rotatable bonds is 4. The van der Waals surface area contributed by atoms with Gasteiger partial charge in [0, 0.05) is 25.0 Å². The lowest BCUT2D eigenvalue weighted by Gasteiger charge is -2.21. The fourth-order valence-corrected chi connectivity index (χ4v) is 2.46. The van der Waals surface area contributed by atoms with E-state index in [0.29, 0.717) is 5.69 Å². The molecule has 0 spiro atoms. The van der Waals surface area contributed by atoms with Crippen LogP contribution in [-0.2, 0) is 9.84 Å². The van der Waals surface area contributed by atoms with Crippen LogP contribution >= 0.6 is 0 Å². The van der Waals surface area contributed by atoms with Crippen molar-refractivity contribution in [2.75, 3.05) is 30.0 Å². The topological polar surface area (TPSA) is 63.4 Å². The summed E-state index contributed by atoms with van der Waals surface area (Å²) in [5.74, 6) is 0. The van der Waals surface area contributed by atoms with Crippen molar-refractivity contribution in [3.63, 3.8) is 0 Å². The molecule has 0 saturated carbocycles. The first kappa shape index (κ1) is 12.8. The van der Waals surface area contributed by atoms with Crippen molar-refractivity contribution in [1.29, 1.82) is 0 Å². The molecule has 0 bridgehead atoms. The molecule has 2 N–H and O–H groups in total. The van der Waals surface area contributed by atoms with Gasteiger partial charge < -0.3 is 10.6 Å². The lowest BCUT2D eigenvalue weighted by molar-refractivity contribution is 0.602. The van der Waals surface area contributed by atoms with Gasteiger partial charge in [-0.25, -0.2) is 8.42 Å². The molecule has 0 aliphatic carbocycles. The molecular formula is C11H18N2O2S. The van der Waals surface area contributed by atoms with Gasteiger partial charge in [-0.2, -0.15) is 0 Å². The molecule has 0 saturated heterocycles. The maximum absolute atomic E-state index is 11.4. The molecule has 0 radical (unpaired) electrons. The second-order valence-corrected chi connectivity index (χ2v) is 5.65. The molecule has 0 amide bonds. The van der Waals surface area contributed by atoms with Crippen LogP contribution in [0.4, 0.5) is 11.4 Å². The van der Waals surface area contributed by atoms with Gasteiger partial charge in [0.05, 0.1) is 10.6 Å². The van der Waals surface area contributed by atoms with Gasteiger partial charge in [-0.05, 0) is 32.0 Å². The van der Waals surface area contributed by atoms with Crippen LogP contribution in [0.3, 0.4) is 0 Å². The summed E-state index contributed by atoms with van der Waals surface area (Å²) in [5, 5.41) is 0. The minimum absolute atomic E-state index is 0.198. The first-order valence-corrected chi connectivity index (χ1v) is 7.13. The molecule has 0 aromatic heterocycles. The van der Waals surface area contributed by atoms with Crippen molar-refractivity contribution < 1.29 is 8.42 Å². The Balaban J connectivity index is 3.19. The van der Waals surface area contributed by atoms with Crippen LogP contribution in [0, 0.1) is 0 Å². The van der Waals surface area contributed by atoms with Gasteiger partial charge in [-0.15, -0.1) is 0 Å². The van der Waals surface area contributed by atoms with E-state index in [1.54, 1.807) is 18.2 Å². The van der Waals surface area contributed by atoms with Gasteiger partial charge >= 0.3 is 0 Å². The molecule has 0 fully saturated rings. The maximum Gasteiger partial charge on any atom is 0.177 e. The Morgan fingerprint density at radius 1 is 1.25 bits per heavy atom. The van der Waals surface area contributed by atoms with E-state index < -0.39 is 9.84 Å². The fraction of sp³-hybridized carbons (Fsp3) is 0.455. The van der Waals surface area contributed by atoms with Crippen LogP contribution in [0.5, 0.6) is 0 Å². The van der Waals surface area contributed by atoms with E-state index in [0.717, 1.165) is 25.0 Å². The number of anilines is 2. The number of nitrogens with zero attached hydrogens (tertiary/aromatic N) is 1. The summed E-state index contributed by atoms with van der Waals surface area (Å²) < 4.78 is 22.8. The van der Waals surface area contributed by atoms with Crippen LogP contribution in [0.1, 0.15) is 13.8 Å². The smallest absolute Gasteiger partial charge is 0.177 e. The minimum Gasteiger partial charge on any atom is -0.398 e. The number of sulfone groups is 1. The van der Waals surface area contributed by atoms with E-state index in [4.69, 9.17) is 5.73 Å². The van der Waals surface area contributed by atoms with Crippen LogP contribution in [0.2, 0.25) is 0 Å². The van der Waals surface area contributed by atoms with Gasteiger partial charge in [0.25, 0.3) is 0 Å². The number of nitrogen functional groups attached to an aromatic ring is 1. The summed E-state index contributed by atoms with van der Waals surface area (Å²) in [6.07, 6.45) is 1.16. The highest BCUT2D eigenvalue weighted by Gasteiger charge is 2.12. The lowest BCUT2D eigenvalue weighted by Crippen LogP contribution is -2.22. The highest BCUT2D eigenvalue weighted by atomic mass is 32.2. The predicted molar refractivity (Wildman–Crippen MR) is 67.5 cm³/mol.